The number of benzene rings is 1. The van der Waals surface area contributed by atoms with Gasteiger partial charge in [0.2, 0.25) is 0 Å². The van der Waals surface area contributed by atoms with E-state index in [0.717, 1.165) is 0 Å². The molecular weight excluding hydrogens is 280 g/mol. The summed E-state index contributed by atoms with van der Waals surface area (Å²) in [6, 6.07) is 5.45. The smallest absolute Gasteiger partial charge is 0.380 e. The van der Waals surface area contributed by atoms with Crippen LogP contribution in [0, 0.1) is 10.1 Å². The summed E-state index contributed by atoms with van der Waals surface area (Å²) in [4.78, 5) is 27.9. The van der Waals surface area contributed by atoms with Gasteiger partial charge in [-0.3, -0.25) is 15.0 Å². The van der Waals surface area contributed by atoms with Gasteiger partial charge in [0.1, 0.15) is 0 Å². The number of amides is 1. The third-order valence-corrected chi connectivity index (χ3v) is 2.87. The predicted molar refractivity (Wildman–Crippen MR) is 72.7 cm³/mol. The number of carbonyl (C=O) groups excluding carboxylic acids is 1. The molecule has 9 nitrogen and oxygen atoms in total. The molecule has 0 bridgehead atoms. The van der Waals surface area contributed by atoms with E-state index < -0.39 is 11.0 Å². The first kappa shape index (κ1) is 14.7. The van der Waals surface area contributed by atoms with E-state index in [1.165, 1.54) is 29.2 Å². The number of hydrogen-bond acceptors (Lipinski definition) is 6. The van der Waals surface area contributed by atoms with Crippen molar-refractivity contribution < 1.29 is 19.3 Å². The van der Waals surface area contributed by atoms with Crippen molar-refractivity contribution in [2.75, 3.05) is 26.3 Å². The minimum atomic E-state index is -0.608. The summed E-state index contributed by atoms with van der Waals surface area (Å²) in [6.45, 7) is 1.78. The van der Waals surface area contributed by atoms with E-state index in [2.05, 4.69) is 5.16 Å². The van der Waals surface area contributed by atoms with Crippen LogP contribution in [-0.4, -0.2) is 48.1 Å². The number of hydrogen-bond donors (Lipinski definition) is 1. The van der Waals surface area contributed by atoms with Gasteiger partial charge in [0.05, 0.1) is 18.1 Å². The van der Waals surface area contributed by atoms with Crippen LogP contribution >= 0.6 is 0 Å². The second-order valence-corrected chi connectivity index (χ2v) is 4.24. The zero-order valence-corrected chi connectivity index (χ0v) is 11.1. The van der Waals surface area contributed by atoms with Gasteiger partial charge in [-0.25, -0.2) is 4.79 Å². The van der Waals surface area contributed by atoms with Gasteiger partial charge in [0.25, 0.3) is 5.69 Å². The second kappa shape index (κ2) is 6.66. The zero-order valence-electron chi connectivity index (χ0n) is 11.1. The van der Waals surface area contributed by atoms with E-state index in [0.29, 0.717) is 31.9 Å². The third-order valence-electron chi connectivity index (χ3n) is 2.87. The van der Waals surface area contributed by atoms with Crippen molar-refractivity contribution in [1.29, 1.82) is 0 Å². The molecule has 2 rings (SSSR count). The lowest BCUT2D eigenvalue weighted by Crippen LogP contribution is -2.40. The number of nitro groups is 1. The number of ether oxygens (including phenoxy) is 1. The summed E-state index contributed by atoms with van der Waals surface area (Å²) >= 11 is 0. The molecule has 0 spiro atoms. The molecule has 0 aliphatic carbocycles. The number of nitrogens with zero attached hydrogens (tertiary/aromatic N) is 3. The molecule has 0 radical (unpaired) electrons. The van der Waals surface area contributed by atoms with Crippen molar-refractivity contribution in [3.8, 4) is 0 Å². The molecule has 21 heavy (non-hydrogen) atoms. The number of non-ortho nitro benzene ring substituents is 1. The Labute approximate surface area is 120 Å². The summed E-state index contributed by atoms with van der Waals surface area (Å²) < 4.78 is 5.11. The van der Waals surface area contributed by atoms with Gasteiger partial charge in [-0.05, 0) is 12.1 Å². The third kappa shape index (κ3) is 3.89. The van der Waals surface area contributed by atoms with Crippen molar-refractivity contribution in [3.05, 3.63) is 39.9 Å². The quantitative estimate of drug-likeness (QED) is 0.288. The van der Waals surface area contributed by atoms with Gasteiger partial charge >= 0.3 is 6.09 Å². The molecule has 0 unspecified atom stereocenters. The van der Waals surface area contributed by atoms with E-state index in [9.17, 15) is 14.9 Å². The van der Waals surface area contributed by atoms with E-state index >= 15 is 0 Å². The highest BCUT2D eigenvalue weighted by atomic mass is 16.7. The number of morpholine rings is 1. The van der Waals surface area contributed by atoms with Crippen molar-refractivity contribution in [2.24, 2.45) is 10.9 Å². The normalized spacial score (nSPS) is 15.6. The van der Waals surface area contributed by atoms with Crippen LogP contribution in [0.3, 0.4) is 0 Å². The van der Waals surface area contributed by atoms with Gasteiger partial charge in [0, 0.05) is 30.8 Å². The predicted octanol–water partition coefficient (Wildman–Crippen LogP) is 0.684. The molecule has 9 heteroatoms. The number of carbonyl (C=O) groups is 1. The fraction of sp³-hybridized carbons (Fsp3) is 0.333. The Hall–Kier alpha value is -2.68. The first-order valence-corrected chi connectivity index (χ1v) is 6.20. The van der Waals surface area contributed by atoms with Crippen molar-refractivity contribution in [2.45, 2.75) is 0 Å². The van der Waals surface area contributed by atoms with E-state index in [4.69, 9.17) is 15.3 Å². The molecule has 0 aromatic heterocycles. The molecule has 112 valence electrons. The highest BCUT2D eigenvalue weighted by molar-refractivity contribution is 5.97. The Morgan fingerprint density at radius 3 is 2.52 bits per heavy atom. The molecule has 1 aliphatic heterocycles. The fourth-order valence-electron chi connectivity index (χ4n) is 1.70. The van der Waals surface area contributed by atoms with Gasteiger partial charge in [-0.15, -0.1) is 0 Å². The van der Waals surface area contributed by atoms with Crippen LogP contribution < -0.4 is 5.73 Å². The summed E-state index contributed by atoms with van der Waals surface area (Å²) in [6.07, 6.45) is -0.608. The average molecular weight is 294 g/mol. The number of amidine groups is 1. The fourth-order valence-corrected chi connectivity index (χ4v) is 1.70. The highest BCUT2D eigenvalue weighted by Gasteiger charge is 2.18. The standard InChI is InChI=1S/C12H14N4O5/c13-11(9-1-3-10(4-2-9)16(18)19)14-21-12(17)15-5-7-20-8-6-15/h1-4H,5-8H2,(H2,13,14). The lowest BCUT2D eigenvalue weighted by atomic mass is 10.2. The Morgan fingerprint density at radius 1 is 1.33 bits per heavy atom. The van der Waals surface area contributed by atoms with Gasteiger partial charge in [-0.1, -0.05) is 5.16 Å². The molecule has 1 fully saturated rings. The number of rotatable bonds is 3. The van der Waals surface area contributed by atoms with Crippen molar-refractivity contribution in [3.63, 3.8) is 0 Å². The number of nitrogens with two attached hydrogens (primary N) is 1. The molecule has 0 saturated carbocycles. The molecule has 1 heterocycles. The summed E-state index contributed by atoms with van der Waals surface area (Å²) in [5.41, 5.74) is 6.03. The Kier molecular flexibility index (Phi) is 4.67. The molecule has 1 aromatic carbocycles. The molecular formula is C12H14N4O5. The maximum absolute atomic E-state index is 11.7. The maximum Gasteiger partial charge on any atom is 0.436 e. The minimum absolute atomic E-state index is 0.0356. The maximum atomic E-state index is 11.7. The van der Waals surface area contributed by atoms with Crippen LogP contribution in [0.1, 0.15) is 5.56 Å². The average Bonchev–Trinajstić information content (AvgIpc) is 2.53. The van der Waals surface area contributed by atoms with Crippen LogP contribution in [0.4, 0.5) is 10.5 Å². The van der Waals surface area contributed by atoms with Gasteiger partial charge < -0.3 is 15.4 Å². The van der Waals surface area contributed by atoms with Crippen LogP contribution in [0.5, 0.6) is 0 Å². The topological polar surface area (TPSA) is 120 Å². The van der Waals surface area contributed by atoms with Crippen molar-refractivity contribution in [1.82, 2.24) is 4.90 Å². The summed E-state index contributed by atoms with van der Waals surface area (Å²) in [5.74, 6) is -0.0356. The number of nitro benzene ring substituents is 1. The van der Waals surface area contributed by atoms with Gasteiger partial charge in [-0.2, -0.15) is 0 Å². The first-order valence-electron chi connectivity index (χ1n) is 6.20. The van der Waals surface area contributed by atoms with Crippen LogP contribution in [0.15, 0.2) is 29.4 Å². The first-order chi connectivity index (χ1) is 10.1. The van der Waals surface area contributed by atoms with E-state index in [1.807, 2.05) is 0 Å². The SMILES string of the molecule is NC(=NOC(=O)N1CCOCC1)c1ccc([N+](=O)[O-])cc1. The molecule has 0 atom stereocenters. The molecule has 1 saturated heterocycles. The Bertz CT molecular complexity index is 551. The largest absolute Gasteiger partial charge is 0.436 e. The molecule has 1 aliphatic rings. The minimum Gasteiger partial charge on any atom is -0.380 e. The summed E-state index contributed by atoms with van der Waals surface area (Å²) in [7, 11) is 0. The second-order valence-electron chi connectivity index (χ2n) is 4.24. The van der Waals surface area contributed by atoms with E-state index in [-0.39, 0.29) is 11.5 Å². The lowest BCUT2D eigenvalue weighted by Gasteiger charge is -2.24. The molecule has 2 N–H and O–H groups in total. The lowest BCUT2D eigenvalue weighted by molar-refractivity contribution is -0.384. The van der Waals surface area contributed by atoms with Gasteiger partial charge in [0.15, 0.2) is 5.84 Å². The Morgan fingerprint density at radius 2 is 1.95 bits per heavy atom. The monoisotopic (exact) mass is 294 g/mol. The Balaban J connectivity index is 1.96. The van der Waals surface area contributed by atoms with E-state index in [1.54, 1.807) is 0 Å². The zero-order chi connectivity index (χ0) is 15.2. The highest BCUT2D eigenvalue weighted by Crippen LogP contribution is 2.11. The molecule has 1 amide bonds. The van der Waals surface area contributed by atoms with Crippen LogP contribution in [-0.2, 0) is 9.57 Å². The summed E-state index contributed by atoms with van der Waals surface area (Å²) in [5, 5.41) is 14.1. The number of oxime groups is 1. The van der Waals surface area contributed by atoms with Crippen LogP contribution in [0.2, 0.25) is 0 Å². The van der Waals surface area contributed by atoms with Crippen LogP contribution in [0.25, 0.3) is 0 Å². The van der Waals surface area contributed by atoms with Crippen molar-refractivity contribution >= 4 is 17.6 Å². The molecule has 1 aromatic rings.